The van der Waals surface area contributed by atoms with Gasteiger partial charge in [-0.05, 0) is 46.5 Å². The average Bonchev–Trinajstić information content (AvgIpc) is 2.84. The third kappa shape index (κ3) is 5.86. The lowest BCUT2D eigenvalue weighted by molar-refractivity contribution is -0.162. The van der Waals surface area contributed by atoms with Crippen molar-refractivity contribution in [1.82, 2.24) is 10.4 Å². The van der Waals surface area contributed by atoms with E-state index in [2.05, 4.69) is 24.3 Å². The molecule has 0 aromatic rings. The molecule has 0 radical (unpaired) electrons. The number of carbonyl (C=O) groups is 1. The van der Waals surface area contributed by atoms with Crippen LogP contribution in [0.25, 0.3) is 0 Å². The highest BCUT2D eigenvalue weighted by molar-refractivity contribution is 5.73. The summed E-state index contributed by atoms with van der Waals surface area (Å²) < 4.78 is 10.9. The van der Waals surface area contributed by atoms with Gasteiger partial charge in [0.15, 0.2) is 0 Å². The normalized spacial score (nSPS) is 22.5. The zero-order valence-electron chi connectivity index (χ0n) is 15.1. The standard InChI is InChI=1S/C17H34N2O3/c1-7-14(16(20)22-17(3,4)5)15(8-2)18-19-11-9-10-13(19)12-21-6/h13-15,18H,7-12H2,1-6H3/t13-,14-,15-/m0/s1. The molecule has 5 heteroatoms. The molecule has 1 saturated heterocycles. The second kappa shape index (κ2) is 8.85. The Morgan fingerprint density at radius 3 is 2.50 bits per heavy atom. The summed E-state index contributed by atoms with van der Waals surface area (Å²) in [7, 11) is 1.74. The Morgan fingerprint density at radius 1 is 1.32 bits per heavy atom. The Labute approximate surface area is 135 Å². The quantitative estimate of drug-likeness (QED) is 0.698. The van der Waals surface area contributed by atoms with E-state index in [0.717, 1.165) is 32.4 Å². The number of nitrogens with zero attached hydrogens (tertiary/aromatic N) is 1. The van der Waals surface area contributed by atoms with E-state index >= 15 is 0 Å². The molecule has 0 aromatic heterocycles. The maximum absolute atomic E-state index is 12.5. The Balaban J connectivity index is 2.69. The van der Waals surface area contributed by atoms with Crippen LogP contribution in [0.4, 0.5) is 0 Å². The molecule has 0 aliphatic carbocycles. The van der Waals surface area contributed by atoms with Crippen LogP contribution in [0.15, 0.2) is 0 Å². The number of nitrogens with one attached hydrogen (secondary N) is 1. The number of rotatable bonds is 8. The highest BCUT2D eigenvalue weighted by atomic mass is 16.6. The second-order valence-electron chi connectivity index (χ2n) is 7.14. The van der Waals surface area contributed by atoms with Crippen molar-refractivity contribution >= 4 is 5.97 Å². The third-order valence-electron chi connectivity index (χ3n) is 4.14. The van der Waals surface area contributed by atoms with Crippen LogP contribution < -0.4 is 5.43 Å². The van der Waals surface area contributed by atoms with Crippen LogP contribution in [-0.2, 0) is 14.3 Å². The number of hydrogen-bond acceptors (Lipinski definition) is 5. The molecular formula is C17H34N2O3. The summed E-state index contributed by atoms with van der Waals surface area (Å²) in [5.74, 6) is -0.218. The van der Waals surface area contributed by atoms with Gasteiger partial charge in [0.1, 0.15) is 5.60 Å². The van der Waals surface area contributed by atoms with Gasteiger partial charge in [0.05, 0.1) is 12.5 Å². The van der Waals surface area contributed by atoms with Crippen LogP contribution in [0.3, 0.4) is 0 Å². The molecule has 0 bridgehead atoms. The van der Waals surface area contributed by atoms with E-state index in [1.165, 1.54) is 6.42 Å². The Bertz CT molecular complexity index is 341. The Hall–Kier alpha value is -0.650. The van der Waals surface area contributed by atoms with Crippen molar-refractivity contribution in [3.63, 3.8) is 0 Å². The predicted octanol–water partition coefficient (Wildman–Crippen LogP) is 2.75. The highest BCUT2D eigenvalue weighted by Crippen LogP contribution is 2.21. The number of esters is 1. The largest absolute Gasteiger partial charge is 0.460 e. The molecule has 1 aliphatic heterocycles. The van der Waals surface area contributed by atoms with Gasteiger partial charge in [0.2, 0.25) is 0 Å². The van der Waals surface area contributed by atoms with Crippen LogP contribution in [0.1, 0.15) is 60.3 Å². The summed E-state index contributed by atoms with van der Waals surface area (Å²) in [4.78, 5) is 12.5. The van der Waals surface area contributed by atoms with Crippen molar-refractivity contribution in [1.29, 1.82) is 0 Å². The minimum atomic E-state index is -0.435. The lowest BCUT2D eigenvalue weighted by atomic mass is 9.95. The Kier molecular flexibility index (Phi) is 7.80. The van der Waals surface area contributed by atoms with Gasteiger partial charge in [-0.1, -0.05) is 13.8 Å². The number of ether oxygens (including phenoxy) is 2. The van der Waals surface area contributed by atoms with E-state index < -0.39 is 5.60 Å². The third-order valence-corrected chi connectivity index (χ3v) is 4.14. The molecule has 130 valence electrons. The number of hydrazine groups is 1. The molecule has 1 N–H and O–H groups in total. The zero-order chi connectivity index (χ0) is 16.8. The zero-order valence-corrected chi connectivity index (χ0v) is 15.1. The van der Waals surface area contributed by atoms with E-state index in [0.29, 0.717) is 6.04 Å². The average molecular weight is 314 g/mol. The van der Waals surface area contributed by atoms with Gasteiger partial charge in [-0.3, -0.25) is 10.2 Å². The van der Waals surface area contributed by atoms with E-state index in [4.69, 9.17) is 9.47 Å². The summed E-state index contributed by atoms with van der Waals surface area (Å²) >= 11 is 0. The minimum absolute atomic E-state index is 0.100. The molecule has 0 amide bonds. The molecule has 0 aromatic carbocycles. The van der Waals surface area contributed by atoms with Gasteiger partial charge in [-0.25, -0.2) is 5.01 Å². The summed E-state index contributed by atoms with van der Waals surface area (Å²) in [6, 6.07) is 0.507. The molecule has 0 saturated carbocycles. The number of carbonyl (C=O) groups excluding carboxylic acids is 1. The summed E-state index contributed by atoms with van der Waals surface area (Å²) in [6.07, 6.45) is 3.98. The van der Waals surface area contributed by atoms with Crippen LogP contribution in [0.5, 0.6) is 0 Å². The molecular weight excluding hydrogens is 280 g/mol. The van der Waals surface area contributed by atoms with Crippen LogP contribution in [-0.4, -0.2) is 48.9 Å². The van der Waals surface area contributed by atoms with Crippen LogP contribution in [0, 0.1) is 5.92 Å². The first-order valence-corrected chi connectivity index (χ1v) is 8.57. The second-order valence-corrected chi connectivity index (χ2v) is 7.14. The van der Waals surface area contributed by atoms with Gasteiger partial charge in [-0.15, -0.1) is 0 Å². The maximum Gasteiger partial charge on any atom is 0.311 e. The lowest BCUT2D eigenvalue weighted by Crippen LogP contribution is -2.52. The van der Waals surface area contributed by atoms with E-state index in [1.807, 2.05) is 20.8 Å². The van der Waals surface area contributed by atoms with E-state index in [9.17, 15) is 4.79 Å². The highest BCUT2D eigenvalue weighted by Gasteiger charge is 2.33. The van der Waals surface area contributed by atoms with Gasteiger partial charge >= 0.3 is 5.97 Å². The Morgan fingerprint density at radius 2 is 2.00 bits per heavy atom. The van der Waals surface area contributed by atoms with Crippen LogP contribution in [0.2, 0.25) is 0 Å². The van der Waals surface area contributed by atoms with E-state index in [1.54, 1.807) is 7.11 Å². The lowest BCUT2D eigenvalue weighted by Gasteiger charge is -2.34. The van der Waals surface area contributed by atoms with Crippen molar-refractivity contribution in [2.75, 3.05) is 20.3 Å². The fourth-order valence-corrected chi connectivity index (χ4v) is 3.04. The summed E-state index contributed by atoms with van der Waals surface area (Å²) in [6.45, 7) is 11.7. The molecule has 0 unspecified atom stereocenters. The fraction of sp³-hybridized carbons (Fsp3) is 0.941. The number of methoxy groups -OCH3 is 1. The number of hydrogen-bond donors (Lipinski definition) is 1. The first-order chi connectivity index (χ1) is 10.3. The molecule has 1 heterocycles. The first kappa shape index (κ1) is 19.4. The molecule has 0 spiro atoms. The van der Waals surface area contributed by atoms with Gasteiger partial charge < -0.3 is 9.47 Å². The topological polar surface area (TPSA) is 50.8 Å². The van der Waals surface area contributed by atoms with Gasteiger partial charge in [-0.2, -0.15) is 0 Å². The first-order valence-electron chi connectivity index (χ1n) is 8.57. The van der Waals surface area contributed by atoms with Gasteiger partial charge in [0, 0.05) is 25.7 Å². The van der Waals surface area contributed by atoms with E-state index in [-0.39, 0.29) is 17.9 Å². The predicted molar refractivity (Wildman–Crippen MR) is 88.4 cm³/mol. The fourth-order valence-electron chi connectivity index (χ4n) is 3.04. The molecule has 1 rings (SSSR count). The van der Waals surface area contributed by atoms with Crippen molar-refractivity contribution in [2.45, 2.75) is 78.0 Å². The molecule has 3 atom stereocenters. The molecule has 1 fully saturated rings. The monoisotopic (exact) mass is 314 g/mol. The summed E-state index contributed by atoms with van der Waals surface area (Å²) in [5, 5.41) is 2.25. The maximum atomic E-state index is 12.5. The molecule has 1 aliphatic rings. The van der Waals surface area contributed by atoms with Crippen molar-refractivity contribution in [2.24, 2.45) is 5.92 Å². The molecule has 22 heavy (non-hydrogen) atoms. The minimum Gasteiger partial charge on any atom is -0.460 e. The van der Waals surface area contributed by atoms with Crippen molar-refractivity contribution in [3.05, 3.63) is 0 Å². The smallest absolute Gasteiger partial charge is 0.311 e. The summed E-state index contributed by atoms with van der Waals surface area (Å²) in [5.41, 5.74) is 3.14. The van der Waals surface area contributed by atoms with Gasteiger partial charge in [0.25, 0.3) is 0 Å². The SMILES string of the molecule is CC[C@H](NN1CCC[C@H]1COC)[C@H](CC)C(=O)OC(C)(C)C. The van der Waals surface area contributed by atoms with Crippen LogP contribution >= 0.6 is 0 Å². The molecule has 5 nitrogen and oxygen atoms in total. The van der Waals surface area contributed by atoms with Crippen molar-refractivity contribution in [3.8, 4) is 0 Å². The van der Waals surface area contributed by atoms with Crippen molar-refractivity contribution < 1.29 is 14.3 Å².